The van der Waals surface area contributed by atoms with Crippen LogP contribution in [0.5, 0.6) is 0 Å². The first kappa shape index (κ1) is 23.7. The molecule has 0 fully saturated rings. The summed E-state index contributed by atoms with van der Waals surface area (Å²) in [6.45, 7) is 7.00. The first-order chi connectivity index (χ1) is 10.9. The summed E-state index contributed by atoms with van der Waals surface area (Å²) in [5.41, 5.74) is -1.00. The molecule has 0 N–H and O–H groups in total. The summed E-state index contributed by atoms with van der Waals surface area (Å²) in [4.78, 5) is 10.1. The van der Waals surface area contributed by atoms with Gasteiger partial charge in [-0.15, -0.1) is 0 Å². The molecule has 1 heterocycles. The molecule has 0 aromatic heterocycles. The number of hydrogen-bond donors (Lipinski definition) is 0. The van der Waals surface area contributed by atoms with Crippen LogP contribution in [0, 0.1) is 0 Å². The number of rotatable bonds is 10. The topological polar surface area (TPSA) is 43.4 Å². The molecule has 1 unspecified atom stereocenters. The summed E-state index contributed by atoms with van der Waals surface area (Å²) >= 11 is 15.2. The number of carbonyl (C=O) groups excluding carboxylic acids is 1. The number of nitrogens with zero attached hydrogens (tertiary/aromatic N) is 1. The first-order valence-electron chi connectivity index (χ1n) is 8.44. The Morgan fingerprint density at radius 1 is 1.09 bits per heavy atom. The molecule has 1 aliphatic heterocycles. The minimum Gasteiger partial charge on any atom is -0.543 e. The van der Waals surface area contributed by atoms with Gasteiger partial charge in [-0.3, -0.25) is 4.42 Å². The number of carboxylic acid groups (broad SMARTS) is 1. The third-order valence-electron chi connectivity index (χ3n) is 3.69. The Bertz CT molecular complexity index is 361. The molecule has 3 nitrogen and oxygen atoms in total. The quantitative estimate of drug-likeness (QED) is 0.185. The third kappa shape index (κ3) is 9.08. The second-order valence-corrected chi connectivity index (χ2v) is 15.4. The number of aliphatic carboxylic acids is 1. The smallest absolute Gasteiger partial charge is 0.157 e. The van der Waals surface area contributed by atoms with Crippen LogP contribution < -0.4 is 5.11 Å². The Morgan fingerprint density at radius 3 is 1.70 bits per heavy atom. The van der Waals surface area contributed by atoms with Crippen LogP contribution in [-0.4, -0.2) is 35.6 Å². The second kappa shape index (κ2) is 13.9. The maximum Gasteiger partial charge on any atom is 0.157 e. The van der Waals surface area contributed by atoms with E-state index in [4.69, 9.17) is 35.0 Å². The monoisotopic (exact) mass is 491 g/mol. The number of alkyl halides is 1. The van der Waals surface area contributed by atoms with Gasteiger partial charge in [-0.25, -0.2) is 0 Å². The van der Waals surface area contributed by atoms with Gasteiger partial charge < -0.3 is 9.90 Å². The second-order valence-electron chi connectivity index (χ2n) is 5.69. The van der Waals surface area contributed by atoms with E-state index in [1.807, 2.05) is 0 Å². The van der Waals surface area contributed by atoms with Crippen LogP contribution in [0.15, 0.2) is 10.7 Å². The molecule has 1 rings (SSSR count). The molecule has 0 saturated heterocycles. The van der Waals surface area contributed by atoms with E-state index in [1.165, 1.54) is 38.5 Å². The van der Waals surface area contributed by atoms with Crippen LogP contribution >= 0.6 is 35.0 Å². The van der Waals surface area contributed by atoms with E-state index in [9.17, 15) is 9.90 Å². The van der Waals surface area contributed by atoms with Crippen molar-refractivity contribution in [2.45, 2.75) is 78.1 Å². The van der Waals surface area contributed by atoms with Gasteiger partial charge in [0, 0.05) is 11.8 Å². The zero-order chi connectivity index (χ0) is 17.8. The predicted molar refractivity (Wildman–Crippen MR) is 100 cm³/mol. The van der Waals surface area contributed by atoms with Crippen molar-refractivity contribution in [1.29, 1.82) is 0 Å². The molecule has 0 spiro atoms. The van der Waals surface area contributed by atoms with Crippen molar-refractivity contribution in [3.63, 3.8) is 0 Å². The molecule has 23 heavy (non-hydrogen) atoms. The van der Waals surface area contributed by atoms with E-state index in [0.717, 1.165) is 4.42 Å². The number of halogens is 3. The number of unbranched alkanes of at least 4 members (excludes halogenated alkanes) is 3. The van der Waals surface area contributed by atoms with E-state index >= 15 is 0 Å². The molecule has 0 aliphatic carbocycles. The minimum atomic E-state index is -1.42. The summed E-state index contributed by atoms with van der Waals surface area (Å²) in [7, 11) is 0. The molecular formula is C16H28Cl3NO2Sn. The van der Waals surface area contributed by atoms with E-state index in [-0.39, 0.29) is 10.7 Å². The molecular weight excluding hydrogens is 463 g/mol. The van der Waals surface area contributed by atoms with Gasteiger partial charge in [-0.05, 0) is 0 Å². The molecule has 1 aliphatic rings. The average Bonchev–Trinajstić information content (AvgIpc) is 2.54. The molecule has 134 valence electrons. The van der Waals surface area contributed by atoms with Crippen molar-refractivity contribution in [1.82, 2.24) is 4.42 Å². The fourth-order valence-electron chi connectivity index (χ4n) is 2.20. The van der Waals surface area contributed by atoms with Crippen LogP contribution in [0.2, 0.25) is 13.3 Å². The van der Waals surface area contributed by atoms with Gasteiger partial charge in [-0.2, -0.15) is 0 Å². The summed E-state index contributed by atoms with van der Waals surface area (Å²) in [6, 6.07) is 0. The van der Waals surface area contributed by atoms with Crippen molar-refractivity contribution in [2.24, 2.45) is 0 Å². The summed E-state index contributed by atoms with van der Waals surface area (Å²) in [6.07, 6.45) is 8.85. The van der Waals surface area contributed by atoms with E-state index in [2.05, 4.69) is 20.8 Å². The molecule has 0 saturated carbocycles. The largest absolute Gasteiger partial charge is 0.543 e. The van der Waals surface area contributed by atoms with E-state index in [0.29, 0.717) is 0 Å². The molecule has 7 heteroatoms. The van der Waals surface area contributed by atoms with E-state index in [1.54, 1.807) is 13.3 Å². The predicted octanol–water partition coefficient (Wildman–Crippen LogP) is 5.10. The van der Waals surface area contributed by atoms with Crippen molar-refractivity contribution in [3.8, 4) is 0 Å². The maximum absolute atomic E-state index is 10.1. The minimum absolute atomic E-state index is 0.0108. The molecule has 0 aromatic rings. The Kier molecular flexibility index (Phi) is 14.3. The van der Waals surface area contributed by atoms with Crippen LogP contribution in [0.4, 0.5) is 0 Å². The Balaban J connectivity index is 0.000000433. The van der Waals surface area contributed by atoms with Gasteiger partial charge in [0.2, 0.25) is 0 Å². The Morgan fingerprint density at radius 2 is 1.48 bits per heavy atom. The Labute approximate surface area is 163 Å². The molecule has 0 amide bonds. The zero-order valence-corrected chi connectivity index (χ0v) is 19.5. The number of hydrogen-bond acceptors (Lipinski definition) is 3. The van der Waals surface area contributed by atoms with Gasteiger partial charge in [0.15, 0.2) is 5.50 Å². The summed E-state index contributed by atoms with van der Waals surface area (Å²) in [5, 5.41) is 10.1. The summed E-state index contributed by atoms with van der Waals surface area (Å²) < 4.78 is 5.84. The molecule has 0 aromatic carbocycles. The van der Waals surface area contributed by atoms with Crippen molar-refractivity contribution in [3.05, 3.63) is 10.7 Å². The summed E-state index contributed by atoms with van der Waals surface area (Å²) in [5.74, 6) is -1.42. The number of carboxylic acids is 1. The molecule has 0 bridgehead atoms. The van der Waals surface area contributed by atoms with Crippen LogP contribution in [-0.2, 0) is 4.79 Å². The van der Waals surface area contributed by atoms with Gasteiger partial charge in [0.25, 0.3) is 0 Å². The molecule has 1 atom stereocenters. The van der Waals surface area contributed by atoms with Gasteiger partial charge in [0.1, 0.15) is 0 Å². The molecule has 0 radical (unpaired) electrons. The maximum atomic E-state index is 10.1. The SMILES string of the molecule is CCC[CH2][Sn+]([CH2]CCC)[CH2]CCC.O=C([O-])C1=C(Cl)C(Cl)N1Cl. The fourth-order valence-corrected chi connectivity index (χ4v) is 12.5. The normalized spacial score (nSPS) is 16.6. The Hall–Kier alpha value is 0.679. The van der Waals surface area contributed by atoms with Crippen molar-refractivity contribution < 1.29 is 9.90 Å². The average molecular weight is 491 g/mol. The number of carbonyl (C=O) groups is 1. The van der Waals surface area contributed by atoms with Crippen LogP contribution in [0.3, 0.4) is 0 Å². The first-order valence-corrected chi connectivity index (χ1v) is 15.6. The van der Waals surface area contributed by atoms with E-state index < -0.39 is 31.2 Å². The van der Waals surface area contributed by atoms with Crippen LogP contribution in [0.25, 0.3) is 0 Å². The van der Waals surface area contributed by atoms with Gasteiger partial charge >= 0.3 is 92.4 Å². The third-order valence-corrected chi connectivity index (χ3v) is 14.1. The van der Waals surface area contributed by atoms with Gasteiger partial charge in [-0.1, -0.05) is 23.2 Å². The fraction of sp³-hybridized carbons (Fsp3) is 0.812. The van der Waals surface area contributed by atoms with Gasteiger partial charge in [0.05, 0.1) is 16.7 Å². The standard InChI is InChI=1S/C4H2Cl3NO2.3C4H9.Sn/c5-1-2(4(9)10)8(7)3(1)6;3*1-3-4-2;/h3H,(H,9,10);3*1,3-4H2,2H3;/q;;;;+1/p-1. The van der Waals surface area contributed by atoms with Crippen molar-refractivity contribution >= 4 is 60.7 Å². The zero-order valence-electron chi connectivity index (χ0n) is 14.3. The van der Waals surface area contributed by atoms with Crippen LogP contribution in [0.1, 0.15) is 59.3 Å². The van der Waals surface area contributed by atoms with Crippen molar-refractivity contribution in [2.75, 3.05) is 0 Å².